The Kier molecular flexibility index (Phi) is 4.82. The number of hydrogen-bond acceptors (Lipinski definition) is 4. The van der Waals surface area contributed by atoms with Gasteiger partial charge in [-0.05, 0) is 18.2 Å². The van der Waals surface area contributed by atoms with Gasteiger partial charge in [-0.2, -0.15) is 5.10 Å². The van der Waals surface area contributed by atoms with Gasteiger partial charge in [0.1, 0.15) is 5.75 Å². The van der Waals surface area contributed by atoms with Crippen LogP contribution in [-0.4, -0.2) is 22.0 Å². The minimum atomic E-state index is -0.0547. The first-order chi connectivity index (χ1) is 11.7. The zero-order chi connectivity index (χ0) is 16.9. The predicted molar refractivity (Wildman–Crippen MR) is 94.9 cm³/mol. The highest BCUT2D eigenvalue weighted by Crippen LogP contribution is 2.25. The lowest BCUT2D eigenvalue weighted by atomic mass is 10.1. The van der Waals surface area contributed by atoms with E-state index < -0.39 is 0 Å². The number of nitrogens with one attached hydrogen (secondary N) is 1. The highest BCUT2D eigenvalue weighted by Gasteiger charge is 2.10. The summed E-state index contributed by atoms with van der Waals surface area (Å²) in [5.41, 5.74) is 4.88. The van der Waals surface area contributed by atoms with Crippen LogP contribution in [0.2, 0.25) is 0 Å². The molecule has 2 aromatic carbocycles. The van der Waals surface area contributed by atoms with Crippen LogP contribution < -0.4 is 10.1 Å². The highest BCUT2D eigenvalue weighted by molar-refractivity contribution is 5.63. The van der Waals surface area contributed by atoms with E-state index in [1.54, 1.807) is 7.11 Å². The Morgan fingerprint density at radius 3 is 2.62 bits per heavy atom. The fourth-order valence-electron chi connectivity index (χ4n) is 2.72. The molecule has 5 heteroatoms. The SMILES string of the molecule is COc1ccc(NCc2cn(C)nc2-c2ccccc2)cc1CO. The van der Waals surface area contributed by atoms with E-state index in [0.29, 0.717) is 12.3 Å². The van der Waals surface area contributed by atoms with Crippen LogP contribution in [0, 0.1) is 0 Å². The number of benzene rings is 2. The van der Waals surface area contributed by atoms with Gasteiger partial charge in [-0.1, -0.05) is 30.3 Å². The summed E-state index contributed by atoms with van der Waals surface area (Å²) in [5.74, 6) is 0.689. The molecule has 3 rings (SSSR count). The van der Waals surface area contributed by atoms with Gasteiger partial charge in [0.2, 0.25) is 0 Å². The number of aliphatic hydroxyl groups is 1. The van der Waals surface area contributed by atoms with Gasteiger partial charge in [0.05, 0.1) is 19.4 Å². The molecule has 0 atom stereocenters. The maximum Gasteiger partial charge on any atom is 0.124 e. The topological polar surface area (TPSA) is 59.3 Å². The number of rotatable bonds is 6. The summed E-state index contributed by atoms with van der Waals surface area (Å²) < 4.78 is 7.06. The number of anilines is 1. The summed E-state index contributed by atoms with van der Waals surface area (Å²) in [6.45, 7) is 0.593. The Morgan fingerprint density at radius 2 is 1.92 bits per heavy atom. The van der Waals surface area contributed by atoms with E-state index in [2.05, 4.69) is 22.5 Å². The highest BCUT2D eigenvalue weighted by atomic mass is 16.5. The summed E-state index contributed by atoms with van der Waals surface area (Å²) in [6.07, 6.45) is 2.02. The minimum absolute atomic E-state index is 0.0547. The summed E-state index contributed by atoms with van der Waals surface area (Å²) in [5, 5.41) is 17.4. The third-order valence-corrected chi connectivity index (χ3v) is 3.89. The van der Waals surface area contributed by atoms with Gasteiger partial charge in [0.25, 0.3) is 0 Å². The van der Waals surface area contributed by atoms with Crippen molar-refractivity contribution in [3.8, 4) is 17.0 Å². The van der Waals surface area contributed by atoms with Crippen LogP contribution in [0.1, 0.15) is 11.1 Å². The average Bonchev–Trinajstić information content (AvgIpc) is 3.01. The van der Waals surface area contributed by atoms with E-state index in [9.17, 15) is 5.11 Å². The molecular weight excluding hydrogens is 302 g/mol. The number of ether oxygens (including phenoxy) is 1. The van der Waals surface area contributed by atoms with Crippen LogP contribution in [0.5, 0.6) is 5.75 Å². The van der Waals surface area contributed by atoms with Gasteiger partial charge in [-0.15, -0.1) is 0 Å². The third kappa shape index (κ3) is 3.41. The van der Waals surface area contributed by atoms with E-state index in [0.717, 1.165) is 28.1 Å². The van der Waals surface area contributed by atoms with E-state index in [1.807, 2.05) is 54.3 Å². The summed E-state index contributed by atoms with van der Waals surface area (Å²) in [7, 11) is 3.52. The number of aromatic nitrogens is 2. The van der Waals surface area contributed by atoms with Crippen molar-refractivity contribution in [1.29, 1.82) is 0 Å². The molecule has 0 aliphatic carbocycles. The normalized spacial score (nSPS) is 10.6. The fraction of sp³-hybridized carbons (Fsp3) is 0.211. The van der Waals surface area contributed by atoms with Crippen molar-refractivity contribution in [2.45, 2.75) is 13.2 Å². The molecule has 1 aromatic heterocycles. The molecule has 0 saturated heterocycles. The van der Waals surface area contributed by atoms with Crippen LogP contribution in [0.25, 0.3) is 11.3 Å². The van der Waals surface area contributed by atoms with Crippen molar-refractivity contribution in [1.82, 2.24) is 9.78 Å². The molecule has 0 aliphatic rings. The van der Waals surface area contributed by atoms with Gasteiger partial charge < -0.3 is 15.2 Å². The molecular formula is C19H21N3O2. The molecule has 5 nitrogen and oxygen atoms in total. The van der Waals surface area contributed by atoms with Crippen LogP contribution in [0.3, 0.4) is 0 Å². The summed E-state index contributed by atoms with van der Waals surface area (Å²) in [4.78, 5) is 0. The fourth-order valence-corrected chi connectivity index (χ4v) is 2.72. The largest absolute Gasteiger partial charge is 0.496 e. The molecule has 0 saturated carbocycles. The average molecular weight is 323 g/mol. The monoisotopic (exact) mass is 323 g/mol. The van der Waals surface area contributed by atoms with E-state index in [4.69, 9.17) is 4.74 Å². The zero-order valence-electron chi connectivity index (χ0n) is 13.9. The third-order valence-electron chi connectivity index (χ3n) is 3.89. The molecule has 0 bridgehead atoms. The molecule has 0 aliphatic heterocycles. The smallest absolute Gasteiger partial charge is 0.124 e. The molecule has 0 radical (unpaired) electrons. The maximum atomic E-state index is 9.43. The van der Waals surface area contributed by atoms with Gasteiger partial charge in [-0.3, -0.25) is 4.68 Å². The van der Waals surface area contributed by atoms with Gasteiger partial charge in [0.15, 0.2) is 0 Å². The van der Waals surface area contributed by atoms with Crippen molar-refractivity contribution in [3.05, 3.63) is 65.9 Å². The molecule has 3 aromatic rings. The first kappa shape index (κ1) is 16.1. The van der Waals surface area contributed by atoms with Crippen molar-refractivity contribution in [2.75, 3.05) is 12.4 Å². The zero-order valence-corrected chi connectivity index (χ0v) is 13.9. The van der Waals surface area contributed by atoms with Crippen LogP contribution in [0.4, 0.5) is 5.69 Å². The standard InChI is InChI=1S/C19H21N3O2/c1-22-12-16(19(21-22)14-6-4-3-5-7-14)11-20-17-8-9-18(24-2)15(10-17)13-23/h3-10,12,20,23H,11,13H2,1-2H3. The lowest BCUT2D eigenvalue weighted by molar-refractivity contribution is 0.274. The van der Waals surface area contributed by atoms with E-state index in [-0.39, 0.29) is 6.61 Å². The molecule has 124 valence electrons. The lowest BCUT2D eigenvalue weighted by Gasteiger charge is -2.11. The second kappa shape index (κ2) is 7.19. The molecule has 1 heterocycles. The van der Waals surface area contributed by atoms with Crippen molar-refractivity contribution in [2.24, 2.45) is 7.05 Å². The van der Waals surface area contributed by atoms with Gasteiger partial charge in [0, 0.05) is 42.2 Å². The number of nitrogens with zero attached hydrogens (tertiary/aromatic N) is 2. The molecule has 0 fully saturated rings. The molecule has 0 spiro atoms. The lowest BCUT2D eigenvalue weighted by Crippen LogP contribution is -2.01. The van der Waals surface area contributed by atoms with Crippen LogP contribution in [0.15, 0.2) is 54.7 Å². The summed E-state index contributed by atoms with van der Waals surface area (Å²) in [6, 6.07) is 15.8. The Labute approximate surface area is 141 Å². The minimum Gasteiger partial charge on any atom is -0.496 e. The maximum absolute atomic E-state index is 9.43. The molecule has 2 N–H and O–H groups in total. The number of aliphatic hydroxyl groups excluding tert-OH is 1. The first-order valence-corrected chi connectivity index (χ1v) is 7.81. The first-order valence-electron chi connectivity index (χ1n) is 7.81. The number of hydrogen-bond donors (Lipinski definition) is 2. The number of methoxy groups -OCH3 is 1. The second-order valence-electron chi connectivity index (χ2n) is 5.58. The predicted octanol–water partition coefficient (Wildman–Crippen LogP) is 3.20. The van der Waals surface area contributed by atoms with E-state index in [1.165, 1.54) is 0 Å². The Bertz CT molecular complexity index is 813. The quantitative estimate of drug-likeness (QED) is 0.731. The van der Waals surface area contributed by atoms with Crippen molar-refractivity contribution < 1.29 is 9.84 Å². The Balaban J connectivity index is 1.80. The van der Waals surface area contributed by atoms with Crippen molar-refractivity contribution in [3.63, 3.8) is 0 Å². The molecule has 24 heavy (non-hydrogen) atoms. The second-order valence-corrected chi connectivity index (χ2v) is 5.58. The van der Waals surface area contributed by atoms with Gasteiger partial charge in [-0.25, -0.2) is 0 Å². The molecule has 0 amide bonds. The van der Waals surface area contributed by atoms with Gasteiger partial charge >= 0.3 is 0 Å². The molecule has 0 unspecified atom stereocenters. The van der Waals surface area contributed by atoms with Crippen molar-refractivity contribution >= 4 is 5.69 Å². The number of aryl methyl sites for hydroxylation is 1. The Morgan fingerprint density at radius 1 is 1.12 bits per heavy atom. The Hall–Kier alpha value is -2.79. The van der Waals surface area contributed by atoms with Crippen LogP contribution in [-0.2, 0) is 20.2 Å². The summed E-state index contributed by atoms with van der Waals surface area (Å²) >= 11 is 0. The van der Waals surface area contributed by atoms with Crippen LogP contribution >= 0.6 is 0 Å². The van der Waals surface area contributed by atoms with E-state index >= 15 is 0 Å².